The molecule has 2 aromatic rings. The number of rotatable bonds is 5. The number of hydrogen-bond acceptors (Lipinski definition) is 6. The number of ether oxygens (including phenoxy) is 1. The zero-order chi connectivity index (χ0) is 23.0. The van der Waals surface area contributed by atoms with Crippen LogP contribution in [0.1, 0.15) is 25.2 Å². The molecule has 11 heteroatoms. The SMILES string of the molecule is Cc1ccc(-n2c(C)nn(CN3CCN(S(=O)(=O)N4CC(C)OC(C)C4)CC3)c2=S)cc1. The van der Waals surface area contributed by atoms with Crippen molar-refractivity contribution in [3.63, 3.8) is 0 Å². The summed E-state index contributed by atoms with van der Waals surface area (Å²) in [5.74, 6) is 0.829. The number of hydrogen-bond donors (Lipinski definition) is 0. The van der Waals surface area contributed by atoms with Gasteiger partial charge in [0.25, 0.3) is 10.2 Å². The molecule has 0 spiro atoms. The number of piperazine rings is 1. The van der Waals surface area contributed by atoms with Crippen LogP contribution < -0.4 is 0 Å². The second-order valence-electron chi connectivity index (χ2n) is 8.74. The molecule has 2 aliphatic heterocycles. The molecule has 0 aliphatic carbocycles. The van der Waals surface area contributed by atoms with Crippen molar-refractivity contribution in [2.45, 2.75) is 46.6 Å². The van der Waals surface area contributed by atoms with Crippen molar-refractivity contribution >= 4 is 22.4 Å². The van der Waals surface area contributed by atoms with Crippen molar-refractivity contribution in [1.82, 2.24) is 27.9 Å². The highest BCUT2D eigenvalue weighted by atomic mass is 32.2. The summed E-state index contributed by atoms with van der Waals surface area (Å²) in [6.45, 7) is 11.3. The average Bonchev–Trinajstić information content (AvgIpc) is 3.01. The molecule has 2 aliphatic rings. The maximum Gasteiger partial charge on any atom is 0.282 e. The van der Waals surface area contributed by atoms with E-state index in [0.29, 0.717) is 50.7 Å². The van der Waals surface area contributed by atoms with Crippen LogP contribution in [-0.4, -0.2) is 87.8 Å². The molecule has 0 saturated carbocycles. The lowest BCUT2D eigenvalue weighted by Gasteiger charge is -2.40. The molecule has 4 rings (SSSR count). The normalized spacial score (nSPS) is 24.1. The van der Waals surface area contributed by atoms with Gasteiger partial charge in [-0.3, -0.25) is 9.47 Å². The molecule has 0 N–H and O–H groups in total. The minimum atomic E-state index is -3.48. The second-order valence-corrected chi connectivity index (χ2v) is 11.0. The van der Waals surface area contributed by atoms with Crippen LogP contribution in [0.15, 0.2) is 24.3 Å². The number of aryl methyl sites for hydroxylation is 2. The van der Waals surface area contributed by atoms with Crippen LogP contribution in [0.3, 0.4) is 0 Å². The van der Waals surface area contributed by atoms with Gasteiger partial charge in [0.05, 0.1) is 18.9 Å². The monoisotopic (exact) mass is 480 g/mol. The Morgan fingerprint density at radius 2 is 1.59 bits per heavy atom. The number of nitrogens with zero attached hydrogens (tertiary/aromatic N) is 6. The van der Waals surface area contributed by atoms with Gasteiger partial charge >= 0.3 is 0 Å². The van der Waals surface area contributed by atoms with Crippen LogP contribution in [-0.2, 0) is 21.6 Å². The van der Waals surface area contributed by atoms with Crippen molar-refractivity contribution in [3.05, 3.63) is 40.4 Å². The van der Waals surface area contributed by atoms with Gasteiger partial charge in [-0.1, -0.05) is 17.7 Å². The molecule has 176 valence electrons. The topological polar surface area (TPSA) is 75.8 Å². The minimum Gasteiger partial charge on any atom is -0.373 e. The summed E-state index contributed by atoms with van der Waals surface area (Å²) in [7, 11) is -3.48. The summed E-state index contributed by atoms with van der Waals surface area (Å²) in [4.78, 5) is 2.19. The van der Waals surface area contributed by atoms with E-state index >= 15 is 0 Å². The first-order valence-electron chi connectivity index (χ1n) is 11.0. The smallest absolute Gasteiger partial charge is 0.282 e. The third-order valence-corrected chi connectivity index (χ3v) is 8.36. The summed E-state index contributed by atoms with van der Waals surface area (Å²) in [5, 5.41) is 4.64. The lowest BCUT2D eigenvalue weighted by Crippen LogP contribution is -2.57. The Hall–Kier alpha value is -1.63. The molecule has 2 unspecified atom stereocenters. The molecule has 0 radical (unpaired) electrons. The molecule has 1 aromatic carbocycles. The van der Waals surface area contributed by atoms with Gasteiger partial charge in [-0.25, -0.2) is 4.68 Å². The van der Waals surface area contributed by atoms with Crippen LogP contribution in [0.4, 0.5) is 0 Å². The van der Waals surface area contributed by atoms with Crippen LogP contribution in [0.5, 0.6) is 0 Å². The molecule has 2 atom stereocenters. The molecular weight excluding hydrogens is 448 g/mol. The summed E-state index contributed by atoms with van der Waals surface area (Å²) in [6, 6.07) is 8.20. The van der Waals surface area contributed by atoms with Crippen LogP contribution >= 0.6 is 12.2 Å². The molecule has 0 amide bonds. The molecule has 2 saturated heterocycles. The lowest BCUT2D eigenvalue weighted by molar-refractivity contribution is -0.0458. The standard InChI is InChI=1S/C21H32N6O3S2/c1-16-5-7-20(8-6-16)27-19(4)22-26(21(27)31)15-23-9-11-24(12-10-23)32(28,29)25-13-17(2)30-18(3)14-25/h5-8,17-18H,9-15H2,1-4H3. The van der Waals surface area contributed by atoms with E-state index in [1.54, 1.807) is 8.61 Å². The number of morpholine rings is 1. The Labute approximate surface area is 195 Å². The average molecular weight is 481 g/mol. The van der Waals surface area contributed by atoms with E-state index in [-0.39, 0.29) is 12.2 Å². The van der Waals surface area contributed by atoms with E-state index in [9.17, 15) is 8.42 Å². The largest absolute Gasteiger partial charge is 0.373 e. The second kappa shape index (κ2) is 9.32. The number of benzene rings is 1. The van der Waals surface area contributed by atoms with Crippen molar-refractivity contribution in [3.8, 4) is 5.69 Å². The van der Waals surface area contributed by atoms with Gasteiger partial charge < -0.3 is 4.74 Å². The van der Waals surface area contributed by atoms with E-state index in [0.717, 1.165) is 11.5 Å². The minimum absolute atomic E-state index is 0.0939. The summed E-state index contributed by atoms with van der Waals surface area (Å²) in [5.41, 5.74) is 2.19. The predicted molar refractivity (Wildman–Crippen MR) is 126 cm³/mol. The van der Waals surface area contributed by atoms with Crippen LogP contribution in [0.25, 0.3) is 5.69 Å². The molecule has 1 aromatic heterocycles. The lowest BCUT2D eigenvalue weighted by atomic mass is 10.2. The van der Waals surface area contributed by atoms with E-state index in [1.165, 1.54) is 5.56 Å². The van der Waals surface area contributed by atoms with Gasteiger partial charge in [0.15, 0.2) is 0 Å². The maximum absolute atomic E-state index is 13.1. The summed E-state index contributed by atoms with van der Waals surface area (Å²) >= 11 is 5.70. The molecule has 32 heavy (non-hydrogen) atoms. The highest BCUT2D eigenvalue weighted by Gasteiger charge is 2.36. The van der Waals surface area contributed by atoms with E-state index in [2.05, 4.69) is 29.1 Å². The zero-order valence-electron chi connectivity index (χ0n) is 19.1. The molecule has 0 bridgehead atoms. The van der Waals surface area contributed by atoms with Crippen molar-refractivity contribution in [1.29, 1.82) is 0 Å². The Morgan fingerprint density at radius 3 is 2.19 bits per heavy atom. The highest BCUT2D eigenvalue weighted by molar-refractivity contribution is 7.86. The van der Waals surface area contributed by atoms with E-state index < -0.39 is 10.2 Å². The van der Waals surface area contributed by atoms with Crippen molar-refractivity contribution < 1.29 is 13.2 Å². The van der Waals surface area contributed by atoms with Crippen molar-refractivity contribution in [2.75, 3.05) is 39.3 Å². The quantitative estimate of drug-likeness (QED) is 0.609. The fraction of sp³-hybridized carbons (Fsp3) is 0.619. The maximum atomic E-state index is 13.1. The highest BCUT2D eigenvalue weighted by Crippen LogP contribution is 2.19. The predicted octanol–water partition coefficient (Wildman–Crippen LogP) is 1.95. The fourth-order valence-corrected chi connectivity index (χ4v) is 6.46. The first-order valence-corrected chi connectivity index (χ1v) is 12.8. The Kier molecular flexibility index (Phi) is 6.85. The molecule has 9 nitrogen and oxygen atoms in total. The number of aromatic nitrogens is 3. The van der Waals surface area contributed by atoms with Crippen LogP contribution in [0.2, 0.25) is 0 Å². The first-order chi connectivity index (χ1) is 15.1. The Morgan fingerprint density at radius 1 is 1.00 bits per heavy atom. The van der Waals surface area contributed by atoms with Gasteiger partial charge in [0.1, 0.15) is 5.82 Å². The van der Waals surface area contributed by atoms with Gasteiger partial charge in [-0.15, -0.1) is 0 Å². The molecule has 2 fully saturated rings. The third-order valence-electron chi connectivity index (χ3n) is 6.00. The summed E-state index contributed by atoms with van der Waals surface area (Å²) in [6.07, 6.45) is -0.188. The van der Waals surface area contributed by atoms with Gasteiger partial charge in [0.2, 0.25) is 4.77 Å². The Balaban J connectivity index is 1.41. The van der Waals surface area contributed by atoms with E-state index in [1.807, 2.05) is 42.2 Å². The third kappa shape index (κ3) is 4.82. The Bertz CT molecular complexity index is 1090. The zero-order valence-corrected chi connectivity index (χ0v) is 20.8. The van der Waals surface area contributed by atoms with Crippen molar-refractivity contribution in [2.24, 2.45) is 0 Å². The van der Waals surface area contributed by atoms with Crippen LogP contribution in [0, 0.1) is 18.6 Å². The molecular formula is C21H32N6O3S2. The van der Waals surface area contributed by atoms with Gasteiger partial charge in [0, 0.05) is 45.0 Å². The molecule has 3 heterocycles. The van der Waals surface area contributed by atoms with Gasteiger partial charge in [-0.05, 0) is 52.0 Å². The first kappa shape index (κ1) is 23.5. The fourth-order valence-electron chi connectivity index (χ4n) is 4.37. The van der Waals surface area contributed by atoms with Gasteiger partial charge in [-0.2, -0.15) is 22.1 Å². The summed E-state index contributed by atoms with van der Waals surface area (Å²) < 4.78 is 39.5. The van der Waals surface area contributed by atoms with E-state index in [4.69, 9.17) is 17.0 Å².